The molecule has 1 amide bonds. The highest BCUT2D eigenvalue weighted by Gasteiger charge is 2.25. The first-order chi connectivity index (χ1) is 11.3. The number of amides is 1. The molecule has 0 fully saturated rings. The molecule has 0 aliphatic rings. The molecule has 2 N–H and O–H groups in total. The predicted octanol–water partition coefficient (Wildman–Crippen LogP) is 3.85. The van der Waals surface area contributed by atoms with E-state index < -0.39 is 40.7 Å². The van der Waals surface area contributed by atoms with E-state index in [1.54, 1.807) is 23.6 Å². The van der Waals surface area contributed by atoms with Crippen LogP contribution in [0, 0.1) is 36.0 Å². The third-order valence-electron chi connectivity index (χ3n) is 2.99. The second kappa shape index (κ2) is 7.12. The van der Waals surface area contributed by atoms with Crippen molar-refractivity contribution in [2.75, 3.05) is 5.43 Å². The van der Waals surface area contributed by atoms with Crippen molar-refractivity contribution in [1.82, 2.24) is 5.43 Å². The molecule has 0 aliphatic heterocycles. The van der Waals surface area contributed by atoms with Crippen LogP contribution in [0.3, 0.4) is 0 Å². The number of halogens is 5. The Hall–Kier alpha value is -2.90. The molecule has 0 saturated heterocycles. The SMILES string of the molecule is Cc1cccc(C=CC(=O)NNc2c(F)c(F)c(F)c(F)c2F)c1. The Balaban J connectivity index is 2.10. The van der Waals surface area contributed by atoms with E-state index in [2.05, 4.69) is 0 Å². The molecule has 0 saturated carbocycles. The summed E-state index contributed by atoms with van der Waals surface area (Å²) in [6.07, 6.45) is 2.45. The standard InChI is InChI=1S/C16H11F5N2O/c1-8-3-2-4-9(7-8)5-6-10(24)22-23-16-14(20)12(18)11(17)13(19)15(16)21/h2-7,23H,1H3,(H,22,24). The van der Waals surface area contributed by atoms with Crippen LogP contribution in [-0.4, -0.2) is 5.91 Å². The highest BCUT2D eigenvalue weighted by atomic mass is 19.2. The molecule has 2 aromatic rings. The molecule has 0 spiro atoms. The van der Waals surface area contributed by atoms with Gasteiger partial charge in [0.1, 0.15) is 5.69 Å². The Kier molecular flexibility index (Phi) is 5.18. The molecule has 0 bridgehead atoms. The Morgan fingerprint density at radius 1 is 0.958 bits per heavy atom. The molecule has 0 radical (unpaired) electrons. The lowest BCUT2D eigenvalue weighted by Gasteiger charge is -2.10. The Labute approximate surface area is 133 Å². The number of hydrogen-bond donors (Lipinski definition) is 2. The maximum atomic E-state index is 13.4. The topological polar surface area (TPSA) is 41.1 Å². The maximum absolute atomic E-state index is 13.4. The molecule has 126 valence electrons. The maximum Gasteiger partial charge on any atom is 0.262 e. The normalized spacial score (nSPS) is 10.9. The minimum absolute atomic E-state index is 0.696. The fourth-order valence-corrected chi connectivity index (χ4v) is 1.83. The van der Waals surface area contributed by atoms with Gasteiger partial charge in [-0.3, -0.25) is 15.6 Å². The van der Waals surface area contributed by atoms with Crippen LogP contribution in [0.2, 0.25) is 0 Å². The summed E-state index contributed by atoms with van der Waals surface area (Å²) >= 11 is 0. The smallest absolute Gasteiger partial charge is 0.262 e. The molecular weight excluding hydrogens is 331 g/mol. The molecule has 0 aromatic heterocycles. The van der Waals surface area contributed by atoms with Crippen LogP contribution in [0.4, 0.5) is 27.6 Å². The van der Waals surface area contributed by atoms with E-state index in [1.807, 2.05) is 18.4 Å². The van der Waals surface area contributed by atoms with Crippen LogP contribution in [0.15, 0.2) is 30.3 Å². The Morgan fingerprint density at radius 2 is 1.54 bits per heavy atom. The number of anilines is 1. The fourth-order valence-electron chi connectivity index (χ4n) is 1.83. The van der Waals surface area contributed by atoms with Crippen LogP contribution in [0.5, 0.6) is 0 Å². The van der Waals surface area contributed by atoms with E-state index in [0.29, 0.717) is 5.56 Å². The molecule has 8 heteroatoms. The zero-order valence-electron chi connectivity index (χ0n) is 12.3. The van der Waals surface area contributed by atoms with Gasteiger partial charge in [0, 0.05) is 6.08 Å². The number of carbonyl (C=O) groups is 1. The van der Waals surface area contributed by atoms with Crippen LogP contribution < -0.4 is 10.9 Å². The minimum atomic E-state index is -2.28. The molecule has 0 heterocycles. The van der Waals surface area contributed by atoms with Crippen molar-refractivity contribution in [2.24, 2.45) is 0 Å². The van der Waals surface area contributed by atoms with Gasteiger partial charge >= 0.3 is 0 Å². The average molecular weight is 342 g/mol. The van der Waals surface area contributed by atoms with Crippen molar-refractivity contribution >= 4 is 17.7 Å². The van der Waals surface area contributed by atoms with Crippen molar-refractivity contribution in [3.05, 3.63) is 70.6 Å². The zero-order valence-corrected chi connectivity index (χ0v) is 12.3. The highest BCUT2D eigenvalue weighted by Crippen LogP contribution is 2.26. The van der Waals surface area contributed by atoms with Gasteiger partial charge in [-0.15, -0.1) is 0 Å². The molecule has 0 atom stereocenters. The van der Waals surface area contributed by atoms with Gasteiger partial charge < -0.3 is 0 Å². The molecule has 0 aliphatic carbocycles. The number of aryl methyl sites for hydroxylation is 1. The quantitative estimate of drug-likeness (QED) is 0.291. The summed E-state index contributed by atoms with van der Waals surface area (Å²) in [4.78, 5) is 11.6. The molecular formula is C16H11F5N2O. The van der Waals surface area contributed by atoms with E-state index >= 15 is 0 Å². The molecule has 24 heavy (non-hydrogen) atoms. The number of benzene rings is 2. The predicted molar refractivity (Wildman–Crippen MR) is 78.2 cm³/mol. The van der Waals surface area contributed by atoms with Gasteiger partial charge in [0.05, 0.1) is 0 Å². The number of hydrazine groups is 1. The van der Waals surface area contributed by atoms with Crippen molar-refractivity contribution in [3.63, 3.8) is 0 Å². The van der Waals surface area contributed by atoms with Gasteiger partial charge in [0.25, 0.3) is 5.91 Å². The number of rotatable bonds is 4. The number of hydrogen-bond acceptors (Lipinski definition) is 2. The summed E-state index contributed by atoms with van der Waals surface area (Å²) in [7, 11) is 0. The van der Waals surface area contributed by atoms with Crippen LogP contribution in [0.1, 0.15) is 11.1 Å². The Morgan fingerprint density at radius 3 is 2.12 bits per heavy atom. The fraction of sp³-hybridized carbons (Fsp3) is 0.0625. The van der Waals surface area contributed by atoms with Gasteiger partial charge in [-0.2, -0.15) is 0 Å². The molecule has 2 aromatic carbocycles. The van der Waals surface area contributed by atoms with E-state index in [0.717, 1.165) is 11.6 Å². The first-order valence-corrected chi connectivity index (χ1v) is 6.63. The first-order valence-electron chi connectivity index (χ1n) is 6.63. The lowest BCUT2D eigenvalue weighted by molar-refractivity contribution is -0.116. The average Bonchev–Trinajstić information content (AvgIpc) is 2.56. The summed E-state index contributed by atoms with van der Waals surface area (Å²) < 4.78 is 65.7. The number of nitrogens with one attached hydrogen (secondary N) is 2. The van der Waals surface area contributed by atoms with E-state index in [-0.39, 0.29) is 0 Å². The summed E-state index contributed by atoms with van der Waals surface area (Å²) in [6, 6.07) is 7.11. The van der Waals surface area contributed by atoms with Crippen LogP contribution in [-0.2, 0) is 4.79 Å². The molecule has 2 rings (SSSR count). The second-order valence-electron chi connectivity index (χ2n) is 4.81. The van der Waals surface area contributed by atoms with Gasteiger partial charge in [-0.25, -0.2) is 22.0 Å². The van der Waals surface area contributed by atoms with Gasteiger partial charge in [0.2, 0.25) is 5.82 Å². The molecule has 3 nitrogen and oxygen atoms in total. The summed E-state index contributed by atoms with van der Waals surface area (Å²) in [5.74, 6) is -11.5. The van der Waals surface area contributed by atoms with Crippen LogP contribution >= 0.6 is 0 Å². The first kappa shape index (κ1) is 17.5. The zero-order chi connectivity index (χ0) is 17.9. The lowest BCUT2D eigenvalue weighted by atomic mass is 10.1. The Bertz CT molecular complexity index is 791. The van der Waals surface area contributed by atoms with E-state index in [9.17, 15) is 26.7 Å². The summed E-state index contributed by atoms with van der Waals surface area (Å²) in [5, 5.41) is 0. The van der Waals surface area contributed by atoms with E-state index in [4.69, 9.17) is 0 Å². The van der Waals surface area contributed by atoms with Crippen molar-refractivity contribution in [2.45, 2.75) is 6.92 Å². The third-order valence-corrected chi connectivity index (χ3v) is 2.99. The summed E-state index contributed by atoms with van der Waals surface area (Å²) in [5.41, 5.74) is 3.83. The second-order valence-corrected chi connectivity index (χ2v) is 4.81. The van der Waals surface area contributed by atoms with Crippen molar-refractivity contribution < 1.29 is 26.7 Å². The lowest BCUT2D eigenvalue weighted by Crippen LogP contribution is -2.29. The highest BCUT2D eigenvalue weighted by molar-refractivity contribution is 5.92. The monoisotopic (exact) mass is 342 g/mol. The van der Waals surface area contributed by atoms with Gasteiger partial charge in [-0.1, -0.05) is 29.8 Å². The largest absolute Gasteiger partial charge is 0.293 e. The van der Waals surface area contributed by atoms with Crippen molar-refractivity contribution in [1.29, 1.82) is 0 Å². The van der Waals surface area contributed by atoms with E-state index in [1.165, 1.54) is 6.08 Å². The minimum Gasteiger partial charge on any atom is -0.293 e. The van der Waals surface area contributed by atoms with Crippen molar-refractivity contribution in [3.8, 4) is 0 Å². The van der Waals surface area contributed by atoms with Gasteiger partial charge in [-0.05, 0) is 18.6 Å². The van der Waals surface area contributed by atoms with Gasteiger partial charge in [0.15, 0.2) is 23.3 Å². The summed E-state index contributed by atoms with van der Waals surface area (Å²) in [6.45, 7) is 1.85. The number of carbonyl (C=O) groups excluding carboxylic acids is 1. The van der Waals surface area contributed by atoms with Crippen LogP contribution in [0.25, 0.3) is 6.08 Å². The third kappa shape index (κ3) is 3.70. The molecule has 0 unspecified atom stereocenters.